The van der Waals surface area contributed by atoms with Gasteiger partial charge in [-0.3, -0.25) is 10.1 Å². The summed E-state index contributed by atoms with van der Waals surface area (Å²) in [4.78, 5) is 19.2. The summed E-state index contributed by atoms with van der Waals surface area (Å²) in [6.07, 6.45) is 3.29. The fraction of sp³-hybridized carbons (Fsp3) is 0.692. The average Bonchev–Trinajstić information content (AvgIpc) is 3.00. The number of hydrogen-bond donors (Lipinski definition) is 1. The van der Waals surface area contributed by atoms with Crippen LogP contribution in [-0.2, 0) is 4.74 Å². The number of nitrogens with zero attached hydrogens (tertiary/aromatic N) is 3. The van der Waals surface area contributed by atoms with E-state index < -0.39 is 4.92 Å². The van der Waals surface area contributed by atoms with Gasteiger partial charge in [0.25, 0.3) is 5.88 Å². The van der Waals surface area contributed by atoms with Gasteiger partial charge in [-0.1, -0.05) is 13.3 Å². The highest BCUT2D eigenvalue weighted by Gasteiger charge is 2.29. The van der Waals surface area contributed by atoms with Crippen LogP contribution >= 0.6 is 0 Å². The molecule has 1 unspecified atom stereocenters. The zero-order chi connectivity index (χ0) is 15.2. The van der Waals surface area contributed by atoms with Crippen molar-refractivity contribution in [2.75, 3.05) is 25.6 Å². The van der Waals surface area contributed by atoms with Crippen LogP contribution in [0.5, 0.6) is 5.88 Å². The molecule has 0 saturated carbocycles. The molecule has 1 fully saturated rings. The Hall–Kier alpha value is -1.96. The normalized spacial score (nSPS) is 17.7. The number of hydrogen-bond acceptors (Lipinski definition) is 7. The van der Waals surface area contributed by atoms with E-state index in [4.69, 9.17) is 9.47 Å². The Balaban J connectivity index is 2.36. The van der Waals surface area contributed by atoms with E-state index in [1.165, 1.54) is 0 Å². The maximum atomic E-state index is 11.2. The van der Waals surface area contributed by atoms with Crippen molar-refractivity contribution in [3.63, 3.8) is 0 Å². The molecule has 8 heteroatoms. The molecule has 1 aliphatic rings. The third-order valence-corrected chi connectivity index (χ3v) is 3.24. The first-order valence-electron chi connectivity index (χ1n) is 7.15. The molecule has 116 valence electrons. The number of anilines is 1. The van der Waals surface area contributed by atoms with E-state index in [9.17, 15) is 10.1 Å². The first-order valence-corrected chi connectivity index (χ1v) is 7.15. The lowest BCUT2D eigenvalue weighted by molar-refractivity contribution is -0.385. The molecule has 1 aromatic heterocycles. The SMILES string of the molecule is CCCCOc1nc(C2CCCO2)nc(NC)c1[N+](=O)[O-]. The van der Waals surface area contributed by atoms with Crippen LogP contribution in [0.4, 0.5) is 11.5 Å². The number of nitro groups is 1. The van der Waals surface area contributed by atoms with Gasteiger partial charge >= 0.3 is 5.69 Å². The Bertz CT molecular complexity index is 503. The predicted molar refractivity (Wildman–Crippen MR) is 76.6 cm³/mol. The summed E-state index contributed by atoms with van der Waals surface area (Å²) in [5.41, 5.74) is -0.227. The number of ether oxygens (including phenoxy) is 2. The van der Waals surface area contributed by atoms with Crippen molar-refractivity contribution in [2.45, 2.75) is 38.7 Å². The van der Waals surface area contributed by atoms with Crippen LogP contribution < -0.4 is 10.1 Å². The maximum absolute atomic E-state index is 11.2. The monoisotopic (exact) mass is 296 g/mol. The van der Waals surface area contributed by atoms with Crippen LogP contribution in [0.2, 0.25) is 0 Å². The Morgan fingerprint density at radius 2 is 2.33 bits per heavy atom. The summed E-state index contributed by atoms with van der Waals surface area (Å²) in [5, 5.41) is 14.0. The Morgan fingerprint density at radius 1 is 1.52 bits per heavy atom. The molecule has 1 saturated heterocycles. The summed E-state index contributed by atoms with van der Waals surface area (Å²) >= 11 is 0. The molecule has 1 atom stereocenters. The topological polar surface area (TPSA) is 99.4 Å². The maximum Gasteiger partial charge on any atom is 0.372 e. The molecule has 0 amide bonds. The van der Waals surface area contributed by atoms with Gasteiger partial charge in [0.1, 0.15) is 6.10 Å². The molecule has 0 spiro atoms. The standard InChI is InChI=1S/C13H20N4O4/c1-3-4-7-21-13-10(17(18)19)12(14-2)15-11(16-13)9-6-5-8-20-9/h9H,3-8H2,1-2H3,(H,14,15,16). The second-order valence-corrected chi connectivity index (χ2v) is 4.79. The van der Waals surface area contributed by atoms with Gasteiger partial charge in [0.2, 0.25) is 5.82 Å². The van der Waals surface area contributed by atoms with Crippen molar-refractivity contribution < 1.29 is 14.4 Å². The van der Waals surface area contributed by atoms with E-state index >= 15 is 0 Å². The van der Waals surface area contributed by atoms with E-state index in [0.717, 1.165) is 25.7 Å². The fourth-order valence-corrected chi connectivity index (χ4v) is 2.13. The molecule has 21 heavy (non-hydrogen) atoms. The summed E-state index contributed by atoms with van der Waals surface area (Å²) in [5.74, 6) is 0.610. The smallest absolute Gasteiger partial charge is 0.372 e. The van der Waals surface area contributed by atoms with Gasteiger partial charge in [-0.2, -0.15) is 4.98 Å². The minimum atomic E-state index is -0.521. The lowest BCUT2D eigenvalue weighted by Gasteiger charge is -2.13. The molecule has 1 aromatic rings. The molecule has 0 aromatic carbocycles. The van der Waals surface area contributed by atoms with Gasteiger partial charge in [0.15, 0.2) is 5.82 Å². The molecule has 2 heterocycles. The van der Waals surface area contributed by atoms with Gasteiger partial charge in [0.05, 0.1) is 11.5 Å². The molecule has 8 nitrogen and oxygen atoms in total. The van der Waals surface area contributed by atoms with Crippen molar-refractivity contribution in [3.8, 4) is 5.88 Å². The average molecular weight is 296 g/mol. The first kappa shape index (κ1) is 15.4. The van der Waals surface area contributed by atoms with Crippen LogP contribution in [0, 0.1) is 10.1 Å². The van der Waals surface area contributed by atoms with Crippen LogP contribution in [0.25, 0.3) is 0 Å². The van der Waals surface area contributed by atoms with Crippen LogP contribution in [0.1, 0.15) is 44.5 Å². The first-order chi connectivity index (χ1) is 10.2. The highest BCUT2D eigenvalue weighted by atomic mass is 16.6. The van der Waals surface area contributed by atoms with Crippen LogP contribution in [-0.4, -0.2) is 35.2 Å². The third-order valence-electron chi connectivity index (χ3n) is 3.24. The summed E-state index contributed by atoms with van der Waals surface area (Å²) in [6.45, 7) is 3.07. The Morgan fingerprint density at radius 3 is 2.90 bits per heavy atom. The van der Waals surface area contributed by atoms with Crippen LogP contribution in [0.3, 0.4) is 0 Å². The fourth-order valence-electron chi connectivity index (χ4n) is 2.13. The van der Waals surface area contributed by atoms with E-state index in [2.05, 4.69) is 15.3 Å². The Kier molecular flexibility index (Phi) is 5.26. The second-order valence-electron chi connectivity index (χ2n) is 4.79. The summed E-state index contributed by atoms with van der Waals surface area (Å²) in [7, 11) is 1.59. The number of nitrogens with one attached hydrogen (secondary N) is 1. The van der Waals surface area contributed by atoms with Gasteiger partial charge in [0, 0.05) is 13.7 Å². The zero-order valence-electron chi connectivity index (χ0n) is 12.3. The Labute approximate surface area is 123 Å². The van der Waals surface area contributed by atoms with E-state index in [1.54, 1.807) is 7.05 Å². The molecule has 0 aliphatic carbocycles. The van der Waals surface area contributed by atoms with Gasteiger partial charge in [-0.05, 0) is 19.3 Å². The lowest BCUT2D eigenvalue weighted by atomic mass is 10.2. The minimum absolute atomic E-state index is 0.0123. The third kappa shape index (κ3) is 3.57. The van der Waals surface area contributed by atoms with Crippen molar-refractivity contribution in [1.82, 2.24) is 9.97 Å². The number of rotatable bonds is 7. The van der Waals surface area contributed by atoms with E-state index in [-0.39, 0.29) is 23.5 Å². The van der Waals surface area contributed by atoms with Gasteiger partial charge in [-0.25, -0.2) is 4.98 Å². The van der Waals surface area contributed by atoms with Gasteiger partial charge < -0.3 is 14.8 Å². The molecule has 2 rings (SSSR count). The molecule has 0 bridgehead atoms. The lowest BCUT2D eigenvalue weighted by Crippen LogP contribution is -2.11. The minimum Gasteiger partial charge on any atom is -0.473 e. The van der Waals surface area contributed by atoms with Crippen molar-refractivity contribution >= 4 is 11.5 Å². The molecular formula is C13H20N4O4. The summed E-state index contributed by atoms with van der Waals surface area (Å²) < 4.78 is 11.0. The number of aromatic nitrogens is 2. The van der Waals surface area contributed by atoms with E-state index in [0.29, 0.717) is 19.0 Å². The summed E-state index contributed by atoms with van der Waals surface area (Å²) in [6, 6.07) is 0. The zero-order valence-corrected chi connectivity index (χ0v) is 12.3. The van der Waals surface area contributed by atoms with E-state index in [1.807, 2.05) is 6.92 Å². The molecule has 1 aliphatic heterocycles. The highest BCUT2D eigenvalue weighted by molar-refractivity contribution is 5.61. The molecule has 1 N–H and O–H groups in total. The second kappa shape index (κ2) is 7.16. The van der Waals surface area contributed by atoms with Crippen LogP contribution in [0.15, 0.2) is 0 Å². The largest absolute Gasteiger partial charge is 0.473 e. The van der Waals surface area contributed by atoms with Crippen molar-refractivity contribution in [3.05, 3.63) is 15.9 Å². The van der Waals surface area contributed by atoms with Crippen molar-refractivity contribution in [1.29, 1.82) is 0 Å². The number of unbranched alkanes of at least 4 members (excludes halogenated alkanes) is 1. The molecular weight excluding hydrogens is 276 g/mol. The van der Waals surface area contributed by atoms with Gasteiger partial charge in [-0.15, -0.1) is 0 Å². The quantitative estimate of drug-likeness (QED) is 0.468. The predicted octanol–water partition coefficient (Wildman–Crippen LogP) is 2.46. The van der Waals surface area contributed by atoms with Crippen molar-refractivity contribution in [2.24, 2.45) is 0 Å². The molecule has 0 radical (unpaired) electrons. The highest BCUT2D eigenvalue weighted by Crippen LogP contribution is 2.35.